The number of hydrogen-bond donors (Lipinski definition) is 3. The monoisotopic (exact) mass is 1400 g/mol. The van der Waals surface area contributed by atoms with Gasteiger partial charge in [-0.1, -0.05) is 274 Å². The minimum atomic E-state index is -4.97. The molecule has 0 saturated heterocycles. The van der Waals surface area contributed by atoms with Crippen molar-refractivity contribution in [3.05, 3.63) is 72.9 Å². The van der Waals surface area contributed by atoms with Crippen LogP contribution in [0.4, 0.5) is 0 Å². The number of rotatable bonds is 72. The molecule has 96 heavy (non-hydrogen) atoms. The van der Waals surface area contributed by atoms with Crippen molar-refractivity contribution in [2.24, 2.45) is 0 Å². The molecule has 19 heteroatoms. The van der Waals surface area contributed by atoms with Crippen LogP contribution in [0.1, 0.15) is 336 Å². The van der Waals surface area contributed by atoms with E-state index >= 15 is 0 Å². The third-order valence-electron chi connectivity index (χ3n) is 16.1. The van der Waals surface area contributed by atoms with E-state index in [0.717, 1.165) is 180 Å². The van der Waals surface area contributed by atoms with Crippen molar-refractivity contribution in [2.45, 2.75) is 354 Å². The van der Waals surface area contributed by atoms with Crippen molar-refractivity contribution in [2.75, 3.05) is 39.6 Å². The minimum absolute atomic E-state index is 0.0854. The fourth-order valence-electron chi connectivity index (χ4n) is 10.3. The molecule has 0 aliphatic heterocycles. The maximum atomic E-state index is 13.1. The van der Waals surface area contributed by atoms with E-state index in [1.165, 1.54) is 77.0 Å². The Morgan fingerprint density at radius 1 is 0.302 bits per heavy atom. The number of ether oxygens (including phenoxy) is 4. The molecular formula is C77H138O17P2. The lowest BCUT2D eigenvalue weighted by molar-refractivity contribution is -0.161. The topological polar surface area (TPSA) is 237 Å². The summed E-state index contributed by atoms with van der Waals surface area (Å²) in [6, 6.07) is 0. The van der Waals surface area contributed by atoms with E-state index in [1.807, 2.05) is 0 Å². The van der Waals surface area contributed by atoms with Crippen molar-refractivity contribution < 1.29 is 80.2 Å². The molecule has 0 spiro atoms. The number of phosphoric ester groups is 2. The van der Waals surface area contributed by atoms with Gasteiger partial charge in [0.05, 0.1) is 26.4 Å². The first-order chi connectivity index (χ1) is 46.7. The van der Waals surface area contributed by atoms with Gasteiger partial charge in [0, 0.05) is 25.7 Å². The van der Waals surface area contributed by atoms with E-state index in [1.54, 1.807) is 0 Å². The lowest BCUT2D eigenvalue weighted by atomic mass is 10.1. The van der Waals surface area contributed by atoms with Crippen molar-refractivity contribution in [3.8, 4) is 0 Å². The molecule has 0 aliphatic rings. The molecule has 5 atom stereocenters. The number of esters is 4. The minimum Gasteiger partial charge on any atom is -0.462 e. The molecule has 0 fully saturated rings. The van der Waals surface area contributed by atoms with Crippen LogP contribution in [-0.4, -0.2) is 96.7 Å². The molecule has 0 bridgehead atoms. The maximum Gasteiger partial charge on any atom is 0.472 e. The zero-order chi connectivity index (χ0) is 70.4. The SMILES string of the molecule is CC/C=C\C/C=C\C/C=C\CCCCCCCCCC(=O)OCC(COP(=O)(O)OCC(O)COP(=O)(O)OCC(COC(=O)CCCCCCC/C=C\C/C=C\CCC)OC(=O)CCCCCCCCCCCCC)OC(=O)CCCCCCC/C=C\CCCCCCCC. The van der Waals surface area contributed by atoms with Crippen LogP contribution < -0.4 is 0 Å². The molecule has 0 radical (unpaired) electrons. The fourth-order valence-corrected chi connectivity index (χ4v) is 11.9. The predicted octanol–water partition coefficient (Wildman–Crippen LogP) is 21.7. The Bertz CT molecular complexity index is 2110. The Morgan fingerprint density at radius 3 is 0.885 bits per heavy atom. The molecule has 0 aliphatic carbocycles. The van der Waals surface area contributed by atoms with Gasteiger partial charge in [-0.3, -0.25) is 37.3 Å². The molecule has 5 unspecified atom stereocenters. The average molecular weight is 1400 g/mol. The largest absolute Gasteiger partial charge is 0.472 e. The van der Waals surface area contributed by atoms with Gasteiger partial charge in [0.1, 0.15) is 19.3 Å². The second kappa shape index (κ2) is 70.0. The summed E-state index contributed by atoms with van der Waals surface area (Å²) in [5, 5.41) is 10.6. The Morgan fingerprint density at radius 2 is 0.562 bits per heavy atom. The lowest BCUT2D eigenvalue weighted by Gasteiger charge is -2.21. The molecule has 3 N–H and O–H groups in total. The maximum absolute atomic E-state index is 13.1. The smallest absolute Gasteiger partial charge is 0.462 e. The van der Waals surface area contributed by atoms with E-state index < -0.39 is 97.5 Å². The second-order valence-electron chi connectivity index (χ2n) is 25.6. The third kappa shape index (κ3) is 69.0. The van der Waals surface area contributed by atoms with Crippen LogP contribution in [0.3, 0.4) is 0 Å². The Kier molecular flexibility index (Phi) is 67.4. The van der Waals surface area contributed by atoms with Crippen LogP contribution in [0.15, 0.2) is 72.9 Å². The summed E-state index contributed by atoms with van der Waals surface area (Å²) in [6.07, 6.45) is 68.9. The van der Waals surface area contributed by atoms with E-state index in [9.17, 15) is 43.2 Å². The Hall–Kier alpha value is -3.50. The van der Waals surface area contributed by atoms with Gasteiger partial charge in [-0.25, -0.2) is 9.13 Å². The number of hydrogen-bond acceptors (Lipinski definition) is 15. The summed E-state index contributed by atoms with van der Waals surface area (Å²) in [5.74, 6) is -2.19. The van der Waals surface area contributed by atoms with Crippen LogP contribution in [0, 0.1) is 0 Å². The molecule has 0 rings (SSSR count). The number of unbranched alkanes of at least 4 members (excludes halogenated alkanes) is 34. The van der Waals surface area contributed by atoms with E-state index in [0.29, 0.717) is 25.7 Å². The Balaban J connectivity index is 5.32. The van der Waals surface area contributed by atoms with Crippen molar-refractivity contribution >= 4 is 39.5 Å². The van der Waals surface area contributed by atoms with Crippen LogP contribution in [-0.2, 0) is 65.4 Å². The first-order valence-corrected chi connectivity index (χ1v) is 41.2. The molecule has 0 aromatic carbocycles. The zero-order valence-electron chi connectivity index (χ0n) is 60.8. The van der Waals surface area contributed by atoms with E-state index in [2.05, 4.69) is 101 Å². The van der Waals surface area contributed by atoms with Crippen molar-refractivity contribution in [3.63, 3.8) is 0 Å². The van der Waals surface area contributed by atoms with Gasteiger partial charge in [-0.2, -0.15) is 0 Å². The normalized spacial score (nSPS) is 14.4. The number of allylic oxidation sites excluding steroid dienone is 12. The number of aliphatic hydroxyl groups excluding tert-OH is 1. The van der Waals surface area contributed by atoms with Crippen molar-refractivity contribution in [1.82, 2.24) is 0 Å². The van der Waals surface area contributed by atoms with Crippen LogP contribution >= 0.6 is 15.6 Å². The highest BCUT2D eigenvalue weighted by atomic mass is 31.2. The molecule has 0 amide bonds. The summed E-state index contributed by atoms with van der Waals surface area (Å²) < 4.78 is 68.4. The molecular weight excluding hydrogens is 1260 g/mol. The van der Waals surface area contributed by atoms with Crippen LogP contribution in [0.25, 0.3) is 0 Å². The Labute approximate surface area is 583 Å². The molecule has 17 nitrogen and oxygen atoms in total. The zero-order valence-corrected chi connectivity index (χ0v) is 62.6. The average Bonchev–Trinajstić information content (AvgIpc) is 2.18. The summed E-state index contributed by atoms with van der Waals surface area (Å²) in [7, 11) is -9.94. The first-order valence-electron chi connectivity index (χ1n) is 38.2. The molecule has 0 saturated carbocycles. The summed E-state index contributed by atoms with van der Waals surface area (Å²) in [4.78, 5) is 72.8. The van der Waals surface area contributed by atoms with E-state index in [-0.39, 0.29) is 25.7 Å². The summed E-state index contributed by atoms with van der Waals surface area (Å²) in [6.45, 7) is 4.69. The fraction of sp³-hybridized carbons (Fsp3) is 0.792. The number of aliphatic hydroxyl groups is 1. The highest BCUT2D eigenvalue weighted by Crippen LogP contribution is 2.45. The lowest BCUT2D eigenvalue weighted by Crippen LogP contribution is -2.30. The third-order valence-corrected chi connectivity index (χ3v) is 18.0. The number of carbonyl (C=O) groups excluding carboxylic acids is 4. The first kappa shape index (κ1) is 92.5. The number of carbonyl (C=O) groups is 4. The van der Waals surface area contributed by atoms with Crippen LogP contribution in [0.2, 0.25) is 0 Å². The molecule has 0 heterocycles. The molecule has 0 aromatic rings. The van der Waals surface area contributed by atoms with Gasteiger partial charge in [-0.15, -0.1) is 0 Å². The van der Waals surface area contributed by atoms with E-state index in [4.69, 9.17) is 37.0 Å². The van der Waals surface area contributed by atoms with Gasteiger partial charge in [0.2, 0.25) is 0 Å². The molecule has 558 valence electrons. The quantitative estimate of drug-likeness (QED) is 0.0169. The van der Waals surface area contributed by atoms with Crippen molar-refractivity contribution in [1.29, 1.82) is 0 Å². The number of phosphoric acid groups is 2. The van der Waals surface area contributed by atoms with Gasteiger partial charge in [-0.05, 0) is 109 Å². The summed E-state index contributed by atoms with van der Waals surface area (Å²) in [5.41, 5.74) is 0. The highest BCUT2D eigenvalue weighted by Gasteiger charge is 2.30. The standard InChI is InChI=1S/C77H138O17P2/c1-5-9-13-17-21-25-29-32-34-35-37-39-43-46-50-54-58-62-75(80)88-68-73(94-77(82)64-60-56-52-48-44-40-36-33-30-26-22-18-14-10-6-2)70-92-96(85,86)90-66-71(78)65-89-95(83,84)91-69-72(93-76(81)63-59-55-51-47-41-28-24-20-16-12-8-4)67-87-74(79)61-57-53-49-45-42-38-31-27-23-19-15-11-7-3/h9,13,15,19,21,25,27,31-34,36,71-73,78H,5-8,10-12,14,16-18,20,22-24,26,28-30,35,37-70H2,1-4H3,(H,83,84)(H,85,86)/b13-9-,19-15-,25-21-,31-27-,34-32-,36-33-. The van der Waals surface area contributed by atoms with Crippen LogP contribution in [0.5, 0.6) is 0 Å². The van der Waals surface area contributed by atoms with Gasteiger partial charge in [0.25, 0.3) is 0 Å². The summed E-state index contributed by atoms with van der Waals surface area (Å²) >= 11 is 0. The molecule has 0 aromatic heterocycles. The highest BCUT2D eigenvalue weighted by molar-refractivity contribution is 7.47. The predicted molar refractivity (Wildman–Crippen MR) is 390 cm³/mol. The second-order valence-corrected chi connectivity index (χ2v) is 28.5. The van der Waals surface area contributed by atoms with Gasteiger partial charge >= 0.3 is 39.5 Å². The van der Waals surface area contributed by atoms with Gasteiger partial charge < -0.3 is 33.8 Å². The van der Waals surface area contributed by atoms with Gasteiger partial charge in [0.15, 0.2) is 12.2 Å².